The van der Waals surface area contributed by atoms with Crippen LogP contribution in [0.15, 0.2) is 52.4 Å². The van der Waals surface area contributed by atoms with Crippen molar-refractivity contribution in [1.29, 1.82) is 0 Å². The Bertz CT molecular complexity index is 473. The van der Waals surface area contributed by atoms with Crippen molar-refractivity contribution in [3.63, 3.8) is 0 Å². The molecule has 0 heterocycles. The fourth-order valence-corrected chi connectivity index (χ4v) is 1.57. The Morgan fingerprint density at radius 2 is 1.94 bits per heavy atom. The Balaban J connectivity index is 2.91. The van der Waals surface area contributed by atoms with Gasteiger partial charge < -0.3 is 5.73 Å². The zero-order valence-electron chi connectivity index (χ0n) is 11.0. The summed E-state index contributed by atoms with van der Waals surface area (Å²) in [5.74, 6) is 0. The molecule has 1 aromatic carbocycles. The van der Waals surface area contributed by atoms with E-state index in [9.17, 15) is 0 Å². The van der Waals surface area contributed by atoms with Crippen molar-refractivity contribution >= 4 is 24.0 Å². The molecule has 2 nitrogen and oxygen atoms in total. The number of allylic oxidation sites excluding steroid dienone is 1. The van der Waals surface area contributed by atoms with Crippen LogP contribution in [0.5, 0.6) is 0 Å². The van der Waals surface area contributed by atoms with Gasteiger partial charge in [0.15, 0.2) is 0 Å². The standard InChI is InChI=1S/C15H20N2S/c1-4-11(2)10-17-12(3)15(18)14(16)13-8-6-5-7-9-13/h5-9,18H,2,4,10,16H2,1,3H3/b15-14-,17-12?. The lowest BCUT2D eigenvalue weighted by molar-refractivity contribution is 1.02. The highest BCUT2D eigenvalue weighted by atomic mass is 32.1. The van der Waals surface area contributed by atoms with Crippen molar-refractivity contribution in [2.24, 2.45) is 10.7 Å². The van der Waals surface area contributed by atoms with E-state index in [2.05, 4.69) is 31.1 Å². The molecule has 0 unspecified atom stereocenters. The zero-order chi connectivity index (χ0) is 13.5. The molecule has 1 rings (SSSR count). The second kappa shape index (κ2) is 7.07. The third-order valence-electron chi connectivity index (χ3n) is 2.72. The molecule has 2 N–H and O–H groups in total. The summed E-state index contributed by atoms with van der Waals surface area (Å²) in [5, 5.41) is 0. The Morgan fingerprint density at radius 1 is 1.33 bits per heavy atom. The maximum absolute atomic E-state index is 6.08. The van der Waals surface area contributed by atoms with E-state index in [-0.39, 0.29) is 0 Å². The van der Waals surface area contributed by atoms with Crippen LogP contribution in [0.1, 0.15) is 25.8 Å². The lowest BCUT2D eigenvalue weighted by atomic mass is 10.1. The summed E-state index contributed by atoms with van der Waals surface area (Å²) < 4.78 is 0. The van der Waals surface area contributed by atoms with Gasteiger partial charge in [0.25, 0.3) is 0 Å². The van der Waals surface area contributed by atoms with Crippen LogP contribution < -0.4 is 5.73 Å². The summed E-state index contributed by atoms with van der Waals surface area (Å²) in [6, 6.07) is 9.79. The van der Waals surface area contributed by atoms with Crippen molar-refractivity contribution in [3.8, 4) is 0 Å². The van der Waals surface area contributed by atoms with E-state index < -0.39 is 0 Å². The lowest BCUT2D eigenvalue weighted by Crippen LogP contribution is -2.05. The highest BCUT2D eigenvalue weighted by Gasteiger charge is 2.05. The molecular weight excluding hydrogens is 240 g/mol. The Hall–Kier alpha value is -1.48. The number of benzene rings is 1. The van der Waals surface area contributed by atoms with E-state index in [1.807, 2.05) is 37.3 Å². The maximum atomic E-state index is 6.08. The highest BCUT2D eigenvalue weighted by Crippen LogP contribution is 2.17. The van der Waals surface area contributed by atoms with E-state index >= 15 is 0 Å². The fourth-order valence-electron chi connectivity index (χ4n) is 1.37. The molecule has 0 aliphatic heterocycles. The van der Waals surface area contributed by atoms with Crippen molar-refractivity contribution in [1.82, 2.24) is 0 Å². The molecule has 3 heteroatoms. The molecule has 0 fully saturated rings. The van der Waals surface area contributed by atoms with Crippen molar-refractivity contribution < 1.29 is 0 Å². The first-order valence-electron chi connectivity index (χ1n) is 5.98. The van der Waals surface area contributed by atoms with E-state index in [0.717, 1.165) is 28.2 Å². The topological polar surface area (TPSA) is 38.4 Å². The molecule has 0 spiro atoms. The second-order valence-electron chi connectivity index (χ2n) is 4.13. The summed E-state index contributed by atoms with van der Waals surface area (Å²) in [4.78, 5) is 5.17. The van der Waals surface area contributed by atoms with Gasteiger partial charge in [-0.25, -0.2) is 0 Å². The normalized spacial score (nSPS) is 13.2. The van der Waals surface area contributed by atoms with Crippen LogP contribution >= 0.6 is 12.6 Å². The first-order chi connectivity index (χ1) is 8.56. The molecular formula is C15H20N2S. The smallest absolute Gasteiger partial charge is 0.0600 e. The number of nitrogens with zero attached hydrogens (tertiary/aromatic N) is 1. The average molecular weight is 260 g/mol. The van der Waals surface area contributed by atoms with Crippen molar-refractivity contribution in [2.75, 3.05) is 6.54 Å². The average Bonchev–Trinajstić information content (AvgIpc) is 2.43. The molecule has 96 valence electrons. The quantitative estimate of drug-likeness (QED) is 0.473. The van der Waals surface area contributed by atoms with E-state index in [0.29, 0.717) is 12.2 Å². The highest BCUT2D eigenvalue weighted by molar-refractivity contribution is 7.86. The fraction of sp³-hybridized carbons (Fsp3) is 0.267. The van der Waals surface area contributed by atoms with E-state index in [1.54, 1.807) is 0 Å². The lowest BCUT2D eigenvalue weighted by Gasteiger charge is -2.07. The SMILES string of the molecule is C=C(CC)CN=C(C)/C(S)=C(/N)c1ccccc1. The summed E-state index contributed by atoms with van der Waals surface area (Å²) in [6.45, 7) is 8.55. The predicted octanol–water partition coefficient (Wildman–Crippen LogP) is 3.67. The number of hydrogen-bond donors (Lipinski definition) is 2. The van der Waals surface area contributed by atoms with Crippen LogP contribution in [0.3, 0.4) is 0 Å². The third kappa shape index (κ3) is 4.08. The van der Waals surface area contributed by atoms with Gasteiger partial charge in [-0.05, 0) is 18.9 Å². The van der Waals surface area contributed by atoms with Crippen LogP contribution in [0.25, 0.3) is 5.70 Å². The second-order valence-corrected chi connectivity index (χ2v) is 4.58. The van der Waals surface area contributed by atoms with Crippen molar-refractivity contribution in [3.05, 3.63) is 53.0 Å². The molecule has 0 aliphatic carbocycles. The zero-order valence-corrected chi connectivity index (χ0v) is 11.9. The van der Waals surface area contributed by atoms with Crippen LogP contribution in [0.2, 0.25) is 0 Å². The molecule has 18 heavy (non-hydrogen) atoms. The van der Waals surface area contributed by atoms with Crippen LogP contribution in [0, 0.1) is 0 Å². The van der Waals surface area contributed by atoms with Gasteiger partial charge in [-0.1, -0.05) is 49.4 Å². The molecule has 0 aromatic heterocycles. The number of rotatable bonds is 5. The van der Waals surface area contributed by atoms with Gasteiger partial charge in [0.05, 0.1) is 12.2 Å². The monoisotopic (exact) mass is 260 g/mol. The van der Waals surface area contributed by atoms with Gasteiger partial charge in [0, 0.05) is 10.6 Å². The summed E-state index contributed by atoms with van der Waals surface area (Å²) >= 11 is 4.46. The first kappa shape index (κ1) is 14.6. The maximum Gasteiger partial charge on any atom is 0.0600 e. The molecule has 0 radical (unpaired) electrons. The van der Waals surface area contributed by atoms with Gasteiger partial charge >= 0.3 is 0 Å². The Kier molecular flexibility index (Phi) is 5.72. The molecule has 0 amide bonds. The third-order valence-corrected chi connectivity index (χ3v) is 3.29. The minimum absolute atomic E-state index is 0.633. The number of thiol groups is 1. The van der Waals surface area contributed by atoms with Crippen LogP contribution in [-0.2, 0) is 0 Å². The first-order valence-corrected chi connectivity index (χ1v) is 6.43. The minimum Gasteiger partial charge on any atom is -0.397 e. The van der Waals surface area contributed by atoms with Crippen LogP contribution in [0.4, 0.5) is 0 Å². The molecule has 0 saturated heterocycles. The van der Waals surface area contributed by atoms with Gasteiger partial charge in [-0.2, -0.15) is 0 Å². The Labute approximate surface area is 115 Å². The van der Waals surface area contributed by atoms with E-state index in [1.165, 1.54) is 0 Å². The van der Waals surface area contributed by atoms with E-state index in [4.69, 9.17) is 5.73 Å². The summed E-state index contributed by atoms with van der Waals surface area (Å²) in [7, 11) is 0. The Morgan fingerprint density at radius 3 is 2.50 bits per heavy atom. The van der Waals surface area contributed by atoms with Gasteiger partial charge in [-0.3, -0.25) is 4.99 Å². The summed E-state index contributed by atoms with van der Waals surface area (Å²) in [5.41, 5.74) is 9.64. The van der Waals surface area contributed by atoms with Gasteiger partial charge in [0.2, 0.25) is 0 Å². The number of nitrogens with two attached hydrogens (primary N) is 1. The predicted molar refractivity (Wildman–Crippen MR) is 83.9 cm³/mol. The van der Waals surface area contributed by atoms with Gasteiger partial charge in [-0.15, -0.1) is 12.6 Å². The number of hydrogen-bond acceptors (Lipinski definition) is 3. The van der Waals surface area contributed by atoms with Gasteiger partial charge in [0.1, 0.15) is 0 Å². The largest absolute Gasteiger partial charge is 0.397 e. The molecule has 0 aliphatic rings. The molecule has 0 bridgehead atoms. The summed E-state index contributed by atoms with van der Waals surface area (Å²) in [6.07, 6.45) is 0.941. The molecule has 0 atom stereocenters. The molecule has 1 aromatic rings. The van der Waals surface area contributed by atoms with Crippen molar-refractivity contribution in [2.45, 2.75) is 20.3 Å². The minimum atomic E-state index is 0.633. The van der Waals surface area contributed by atoms with Crippen LogP contribution in [-0.4, -0.2) is 12.3 Å². The number of aliphatic imine (C=N–C) groups is 1. The molecule has 0 saturated carbocycles.